The molecule has 4 atom stereocenters. The van der Waals surface area contributed by atoms with Crippen LogP contribution in [0.15, 0.2) is 61.2 Å². The normalized spacial score (nSPS) is 26.2. The Morgan fingerprint density at radius 3 is 2.24 bits per heavy atom. The van der Waals surface area contributed by atoms with Crippen LogP contribution in [0.2, 0.25) is 0 Å². The van der Waals surface area contributed by atoms with E-state index in [1.807, 2.05) is 12.1 Å². The van der Waals surface area contributed by atoms with Gasteiger partial charge in [0, 0.05) is 0 Å². The number of ether oxygens (including phenoxy) is 2. The molecule has 152 valence electrons. The molecule has 0 N–H and O–H groups in total. The Bertz CT molecular complexity index is 837. The van der Waals surface area contributed by atoms with E-state index in [4.69, 9.17) is 9.47 Å². The van der Waals surface area contributed by atoms with Crippen LogP contribution in [0.4, 0.5) is 0 Å². The quantitative estimate of drug-likeness (QED) is 0.337. The lowest BCUT2D eigenvalue weighted by Gasteiger charge is -2.41. The Hall–Kier alpha value is -2.55. The second-order valence-electron chi connectivity index (χ2n) is 8.53. The number of allylic oxidation sites excluding steroid dienone is 1. The van der Waals surface area contributed by atoms with E-state index in [1.165, 1.54) is 44.1 Å². The zero-order valence-corrected chi connectivity index (χ0v) is 17.2. The summed E-state index contributed by atoms with van der Waals surface area (Å²) in [4.78, 5) is 12.4. The van der Waals surface area contributed by atoms with Crippen LogP contribution >= 0.6 is 0 Å². The summed E-state index contributed by atoms with van der Waals surface area (Å²) < 4.78 is 10.6. The first-order valence-electron chi connectivity index (χ1n) is 10.7. The van der Waals surface area contributed by atoms with Gasteiger partial charge in [-0.15, -0.1) is 6.58 Å². The molecule has 2 aromatic carbocycles. The fourth-order valence-corrected chi connectivity index (χ4v) is 5.14. The van der Waals surface area contributed by atoms with Crippen molar-refractivity contribution in [2.24, 2.45) is 17.8 Å². The highest BCUT2D eigenvalue weighted by Gasteiger charge is 2.35. The highest BCUT2D eigenvalue weighted by Crippen LogP contribution is 2.47. The molecule has 0 aromatic heterocycles. The van der Waals surface area contributed by atoms with Gasteiger partial charge >= 0.3 is 5.97 Å². The van der Waals surface area contributed by atoms with E-state index in [9.17, 15) is 4.79 Å². The summed E-state index contributed by atoms with van der Waals surface area (Å²) in [6.07, 6.45) is 9.98. The molecule has 0 saturated heterocycles. The molecule has 2 aromatic rings. The predicted molar refractivity (Wildman–Crippen MR) is 116 cm³/mol. The second-order valence-corrected chi connectivity index (χ2v) is 8.53. The van der Waals surface area contributed by atoms with Crippen molar-refractivity contribution in [2.75, 3.05) is 7.11 Å². The van der Waals surface area contributed by atoms with E-state index >= 15 is 0 Å². The molecule has 2 aliphatic rings. The summed E-state index contributed by atoms with van der Waals surface area (Å²) in [5, 5.41) is 0. The number of rotatable bonds is 5. The lowest BCUT2D eigenvalue weighted by Crippen LogP contribution is -2.29. The van der Waals surface area contributed by atoms with Crippen LogP contribution in [-0.2, 0) is 0 Å². The first-order chi connectivity index (χ1) is 14.2. The van der Waals surface area contributed by atoms with Crippen LogP contribution in [0.3, 0.4) is 0 Å². The minimum atomic E-state index is -0.326. The maximum atomic E-state index is 12.4. The highest BCUT2D eigenvalue weighted by molar-refractivity contribution is 5.91. The number of carbonyl (C=O) groups excluding carboxylic acids is 1. The number of hydrogen-bond acceptors (Lipinski definition) is 3. The average molecular weight is 391 g/mol. The van der Waals surface area contributed by atoms with Gasteiger partial charge in [0.05, 0.1) is 12.7 Å². The van der Waals surface area contributed by atoms with Crippen LogP contribution < -0.4 is 9.47 Å². The molecule has 4 unspecified atom stereocenters. The van der Waals surface area contributed by atoms with Crippen molar-refractivity contribution in [3.05, 3.63) is 72.3 Å². The molecule has 3 nitrogen and oxygen atoms in total. The van der Waals surface area contributed by atoms with Gasteiger partial charge in [-0.1, -0.05) is 18.2 Å². The van der Waals surface area contributed by atoms with Crippen LogP contribution in [0.25, 0.3) is 0 Å². The second kappa shape index (κ2) is 8.86. The monoisotopic (exact) mass is 390 g/mol. The van der Waals surface area contributed by atoms with Crippen molar-refractivity contribution in [2.45, 2.75) is 44.4 Å². The molecule has 0 bridgehead atoms. The Labute approximate surface area is 173 Å². The maximum absolute atomic E-state index is 12.4. The summed E-state index contributed by atoms with van der Waals surface area (Å²) >= 11 is 0. The third-order valence-electron chi connectivity index (χ3n) is 6.87. The predicted octanol–water partition coefficient (Wildman–Crippen LogP) is 6.40. The number of fused-ring (bicyclic) bond motifs is 1. The smallest absolute Gasteiger partial charge is 0.343 e. The molecule has 2 saturated carbocycles. The number of esters is 1. The van der Waals surface area contributed by atoms with Gasteiger partial charge in [0.1, 0.15) is 11.5 Å². The first kappa shape index (κ1) is 19.8. The Kier molecular flexibility index (Phi) is 6.03. The Morgan fingerprint density at radius 1 is 0.897 bits per heavy atom. The van der Waals surface area contributed by atoms with Gasteiger partial charge in [-0.2, -0.15) is 0 Å². The largest absolute Gasteiger partial charge is 0.497 e. The zero-order chi connectivity index (χ0) is 20.2. The molecule has 29 heavy (non-hydrogen) atoms. The van der Waals surface area contributed by atoms with E-state index in [-0.39, 0.29) is 5.97 Å². The maximum Gasteiger partial charge on any atom is 0.343 e. The van der Waals surface area contributed by atoms with E-state index in [0.717, 1.165) is 23.5 Å². The summed E-state index contributed by atoms with van der Waals surface area (Å²) in [6.45, 7) is 4.00. The average Bonchev–Trinajstić information content (AvgIpc) is 2.79. The molecular weight excluding hydrogens is 360 g/mol. The van der Waals surface area contributed by atoms with Crippen molar-refractivity contribution in [1.29, 1.82) is 0 Å². The molecule has 0 spiro atoms. The molecule has 2 fully saturated rings. The summed E-state index contributed by atoms with van der Waals surface area (Å²) in [7, 11) is 1.61. The Morgan fingerprint density at radius 2 is 1.55 bits per heavy atom. The van der Waals surface area contributed by atoms with Crippen LogP contribution in [0.5, 0.6) is 11.5 Å². The van der Waals surface area contributed by atoms with Crippen molar-refractivity contribution in [1.82, 2.24) is 0 Å². The fraction of sp³-hybridized carbons (Fsp3) is 0.423. The van der Waals surface area contributed by atoms with Gasteiger partial charge in [-0.25, -0.2) is 4.79 Å². The van der Waals surface area contributed by atoms with E-state index < -0.39 is 0 Å². The molecular formula is C26H30O3. The zero-order valence-electron chi connectivity index (χ0n) is 17.2. The number of benzene rings is 2. The molecule has 0 aliphatic heterocycles. The van der Waals surface area contributed by atoms with Crippen molar-refractivity contribution >= 4 is 5.97 Å². The third-order valence-corrected chi connectivity index (χ3v) is 6.87. The molecule has 3 heteroatoms. The number of methoxy groups -OCH3 is 1. The SMILES string of the molecule is C=CC1CCC2CC(c3ccc(C(=O)Oc4ccc(OC)cc4)cc3)CCC2C1. The van der Waals surface area contributed by atoms with Crippen molar-refractivity contribution < 1.29 is 14.3 Å². The topological polar surface area (TPSA) is 35.5 Å². The standard InChI is InChI=1S/C26H30O3/c1-3-18-4-5-23-17-22(11-10-21(23)16-18)19-6-8-20(9-7-19)26(27)29-25-14-12-24(28-2)13-15-25/h3,6-9,12-15,18,21-23H,1,4-5,10-11,16-17H2,2H3. The Balaban J connectivity index is 1.36. The molecule has 2 aliphatic carbocycles. The highest BCUT2D eigenvalue weighted by atomic mass is 16.5. The van der Waals surface area contributed by atoms with Gasteiger partial charge in [-0.3, -0.25) is 0 Å². The minimum Gasteiger partial charge on any atom is -0.497 e. The summed E-state index contributed by atoms with van der Waals surface area (Å²) in [5.74, 6) is 4.00. The molecule has 4 rings (SSSR count). The van der Waals surface area contributed by atoms with Gasteiger partial charge in [0.25, 0.3) is 0 Å². The van der Waals surface area contributed by atoms with Crippen molar-refractivity contribution in [3.8, 4) is 11.5 Å². The number of carbonyl (C=O) groups is 1. The van der Waals surface area contributed by atoms with Gasteiger partial charge in [0.2, 0.25) is 0 Å². The van der Waals surface area contributed by atoms with Gasteiger partial charge in [-0.05, 0) is 104 Å². The third kappa shape index (κ3) is 4.55. The van der Waals surface area contributed by atoms with Crippen LogP contribution in [-0.4, -0.2) is 13.1 Å². The lowest BCUT2D eigenvalue weighted by atomic mass is 9.64. The first-order valence-corrected chi connectivity index (χ1v) is 10.7. The van der Waals surface area contributed by atoms with Crippen molar-refractivity contribution in [3.63, 3.8) is 0 Å². The van der Waals surface area contributed by atoms with Crippen LogP contribution in [0, 0.1) is 17.8 Å². The van der Waals surface area contributed by atoms with Gasteiger partial charge < -0.3 is 9.47 Å². The summed E-state index contributed by atoms with van der Waals surface area (Å²) in [5.41, 5.74) is 1.94. The van der Waals surface area contributed by atoms with Gasteiger partial charge in [0.15, 0.2) is 0 Å². The minimum absolute atomic E-state index is 0.326. The van der Waals surface area contributed by atoms with Crippen LogP contribution in [0.1, 0.15) is 60.4 Å². The summed E-state index contributed by atoms with van der Waals surface area (Å²) in [6, 6.07) is 15.1. The lowest BCUT2D eigenvalue weighted by molar-refractivity contribution is 0.0734. The molecule has 0 heterocycles. The van der Waals surface area contributed by atoms with E-state index in [0.29, 0.717) is 17.2 Å². The van der Waals surface area contributed by atoms with E-state index in [1.54, 1.807) is 31.4 Å². The van der Waals surface area contributed by atoms with E-state index in [2.05, 4.69) is 24.8 Å². The molecule has 0 amide bonds. The number of hydrogen-bond donors (Lipinski definition) is 0. The fourth-order valence-electron chi connectivity index (χ4n) is 5.14. The molecule has 0 radical (unpaired) electrons.